The second kappa shape index (κ2) is 6.23. The predicted molar refractivity (Wildman–Crippen MR) is 83.0 cm³/mol. The van der Waals surface area contributed by atoms with Gasteiger partial charge in [0.1, 0.15) is 18.2 Å². The minimum absolute atomic E-state index is 0.338. The number of carbonyl (C=O) groups is 1. The fourth-order valence-corrected chi connectivity index (χ4v) is 2.69. The summed E-state index contributed by atoms with van der Waals surface area (Å²) in [5.74, 6) is 1.08. The molecule has 2 aromatic rings. The lowest BCUT2D eigenvalue weighted by Crippen LogP contribution is -2.22. The first kappa shape index (κ1) is 14.6. The van der Waals surface area contributed by atoms with Gasteiger partial charge in [-0.15, -0.1) is 10.2 Å². The number of hydrogen-bond donors (Lipinski definition) is 1. The molecule has 0 saturated heterocycles. The number of hydrogen-bond acceptors (Lipinski definition) is 6. The summed E-state index contributed by atoms with van der Waals surface area (Å²) in [5.41, 5.74) is 6.86. The van der Waals surface area contributed by atoms with Gasteiger partial charge >= 0.3 is 0 Å². The second-order valence-corrected chi connectivity index (χ2v) is 6.14. The first-order chi connectivity index (χ1) is 10.6. The lowest BCUT2D eigenvalue weighted by atomic mass is 10.1. The first-order valence-corrected chi connectivity index (χ1v) is 7.71. The Balaban J connectivity index is 1.79. The summed E-state index contributed by atoms with van der Waals surface area (Å²) in [7, 11) is 0. The van der Waals surface area contributed by atoms with Crippen molar-refractivity contribution in [2.24, 2.45) is 5.73 Å². The largest absolute Gasteiger partial charge is 0.486 e. The van der Waals surface area contributed by atoms with Crippen LogP contribution in [0.4, 0.5) is 0 Å². The number of fused-ring (bicyclic) bond motifs is 1. The molecule has 1 aliphatic rings. The van der Waals surface area contributed by atoms with E-state index >= 15 is 0 Å². The van der Waals surface area contributed by atoms with Crippen LogP contribution in [0.2, 0.25) is 0 Å². The second-order valence-electron chi connectivity index (χ2n) is 4.78. The van der Waals surface area contributed by atoms with Crippen LogP contribution in [0.25, 0.3) is 11.3 Å². The number of aromatic nitrogens is 2. The maximum atomic E-state index is 11.1. The zero-order chi connectivity index (χ0) is 15.5. The SMILES string of the molecule is CC(Sc1ccc(-c2ccc3c(c2)OCCO3)nn1)C(N)=O. The molecule has 0 saturated carbocycles. The summed E-state index contributed by atoms with van der Waals surface area (Å²) >= 11 is 1.29. The highest BCUT2D eigenvalue weighted by Crippen LogP contribution is 2.34. The number of nitrogens with zero attached hydrogens (tertiary/aromatic N) is 2. The van der Waals surface area contributed by atoms with E-state index in [1.54, 1.807) is 6.92 Å². The van der Waals surface area contributed by atoms with Gasteiger partial charge in [-0.05, 0) is 37.3 Å². The molecule has 2 heterocycles. The molecule has 6 nitrogen and oxygen atoms in total. The number of carbonyl (C=O) groups excluding carboxylic acids is 1. The van der Waals surface area contributed by atoms with Crippen molar-refractivity contribution in [2.45, 2.75) is 17.2 Å². The molecule has 0 spiro atoms. The predicted octanol–water partition coefficient (Wildman–Crippen LogP) is 1.88. The van der Waals surface area contributed by atoms with Gasteiger partial charge in [-0.25, -0.2) is 0 Å². The lowest BCUT2D eigenvalue weighted by molar-refractivity contribution is -0.117. The quantitative estimate of drug-likeness (QED) is 0.866. The van der Waals surface area contributed by atoms with E-state index in [0.717, 1.165) is 17.0 Å². The molecule has 0 radical (unpaired) electrons. The van der Waals surface area contributed by atoms with Gasteiger partial charge in [0.25, 0.3) is 0 Å². The van der Waals surface area contributed by atoms with Crippen LogP contribution in [0.5, 0.6) is 11.5 Å². The number of nitrogens with two attached hydrogens (primary N) is 1. The van der Waals surface area contributed by atoms with Gasteiger partial charge in [-0.1, -0.05) is 11.8 Å². The van der Waals surface area contributed by atoms with Crippen LogP contribution in [-0.4, -0.2) is 34.6 Å². The minimum Gasteiger partial charge on any atom is -0.486 e. The highest BCUT2D eigenvalue weighted by atomic mass is 32.2. The Kier molecular flexibility index (Phi) is 4.15. The molecule has 0 bridgehead atoms. The van der Waals surface area contributed by atoms with E-state index in [4.69, 9.17) is 15.2 Å². The Bertz CT molecular complexity index is 691. The maximum absolute atomic E-state index is 11.1. The molecule has 1 aromatic heterocycles. The maximum Gasteiger partial charge on any atom is 0.230 e. The Morgan fingerprint density at radius 2 is 1.95 bits per heavy atom. The number of ether oxygens (including phenoxy) is 2. The third-order valence-corrected chi connectivity index (χ3v) is 4.22. The summed E-state index contributed by atoms with van der Waals surface area (Å²) in [5, 5.41) is 8.63. The van der Waals surface area contributed by atoms with Crippen molar-refractivity contribution in [3.05, 3.63) is 30.3 Å². The van der Waals surface area contributed by atoms with Crippen molar-refractivity contribution in [1.82, 2.24) is 10.2 Å². The summed E-state index contributed by atoms with van der Waals surface area (Å²) in [4.78, 5) is 11.1. The molecule has 0 fully saturated rings. The Hall–Kier alpha value is -2.28. The first-order valence-electron chi connectivity index (χ1n) is 6.83. The van der Waals surface area contributed by atoms with Gasteiger partial charge in [-0.2, -0.15) is 0 Å². The molecule has 22 heavy (non-hydrogen) atoms. The van der Waals surface area contributed by atoms with Crippen LogP contribution < -0.4 is 15.2 Å². The third-order valence-electron chi connectivity index (χ3n) is 3.18. The number of amides is 1. The molecule has 1 aromatic carbocycles. The fourth-order valence-electron chi connectivity index (χ4n) is 1.98. The van der Waals surface area contributed by atoms with Gasteiger partial charge in [-0.3, -0.25) is 4.79 Å². The zero-order valence-electron chi connectivity index (χ0n) is 12.0. The van der Waals surface area contributed by atoms with E-state index in [9.17, 15) is 4.79 Å². The zero-order valence-corrected chi connectivity index (χ0v) is 12.8. The van der Waals surface area contributed by atoms with Crippen molar-refractivity contribution in [1.29, 1.82) is 0 Å². The van der Waals surface area contributed by atoms with E-state index in [1.807, 2.05) is 30.3 Å². The van der Waals surface area contributed by atoms with Gasteiger partial charge in [0, 0.05) is 5.56 Å². The van der Waals surface area contributed by atoms with Crippen LogP contribution in [0.1, 0.15) is 6.92 Å². The molecule has 114 valence electrons. The smallest absolute Gasteiger partial charge is 0.230 e. The van der Waals surface area contributed by atoms with Crippen LogP contribution in [0, 0.1) is 0 Å². The fraction of sp³-hybridized carbons (Fsp3) is 0.267. The molecule has 1 aliphatic heterocycles. The van der Waals surface area contributed by atoms with Crippen molar-refractivity contribution in [3.8, 4) is 22.8 Å². The van der Waals surface area contributed by atoms with Crippen LogP contribution in [-0.2, 0) is 4.79 Å². The summed E-state index contributed by atoms with van der Waals surface area (Å²) in [6.45, 7) is 2.85. The van der Waals surface area contributed by atoms with E-state index in [-0.39, 0.29) is 11.2 Å². The third kappa shape index (κ3) is 3.14. The number of rotatable bonds is 4. The van der Waals surface area contributed by atoms with Crippen LogP contribution >= 0.6 is 11.8 Å². The summed E-state index contributed by atoms with van der Waals surface area (Å²) < 4.78 is 11.1. The molecule has 0 aliphatic carbocycles. The van der Waals surface area contributed by atoms with Gasteiger partial charge in [0.15, 0.2) is 11.5 Å². The summed E-state index contributed by atoms with van der Waals surface area (Å²) in [6, 6.07) is 9.34. The normalized spacial score (nSPS) is 14.4. The standard InChI is InChI=1S/C15H15N3O3S/c1-9(15(16)19)22-14-5-3-11(17-18-14)10-2-4-12-13(8-10)21-7-6-20-12/h2-5,8-9H,6-7H2,1H3,(H2,16,19). The molecule has 2 N–H and O–H groups in total. The Morgan fingerprint density at radius 1 is 1.18 bits per heavy atom. The van der Waals surface area contributed by atoms with Crippen LogP contribution in [0.3, 0.4) is 0 Å². The highest BCUT2D eigenvalue weighted by molar-refractivity contribution is 8.00. The van der Waals surface area contributed by atoms with Gasteiger partial charge in [0.05, 0.1) is 10.9 Å². The molecule has 1 unspecified atom stereocenters. The topological polar surface area (TPSA) is 87.3 Å². The van der Waals surface area contributed by atoms with Crippen molar-refractivity contribution < 1.29 is 14.3 Å². The van der Waals surface area contributed by atoms with Gasteiger partial charge < -0.3 is 15.2 Å². The van der Waals surface area contributed by atoms with Crippen molar-refractivity contribution in [2.75, 3.05) is 13.2 Å². The highest BCUT2D eigenvalue weighted by Gasteiger charge is 2.14. The molecular formula is C15H15N3O3S. The average molecular weight is 317 g/mol. The molecule has 7 heteroatoms. The molecule has 1 amide bonds. The number of benzene rings is 1. The van der Waals surface area contributed by atoms with Crippen molar-refractivity contribution >= 4 is 17.7 Å². The molecular weight excluding hydrogens is 302 g/mol. The Labute approximate surface area is 132 Å². The number of primary amides is 1. The van der Waals surface area contributed by atoms with Crippen molar-refractivity contribution in [3.63, 3.8) is 0 Å². The Morgan fingerprint density at radius 3 is 2.64 bits per heavy atom. The number of thioether (sulfide) groups is 1. The van der Waals surface area contributed by atoms with E-state index < -0.39 is 0 Å². The van der Waals surface area contributed by atoms with E-state index in [0.29, 0.717) is 24.0 Å². The molecule has 1 atom stereocenters. The van der Waals surface area contributed by atoms with Crippen LogP contribution in [0.15, 0.2) is 35.4 Å². The lowest BCUT2D eigenvalue weighted by Gasteiger charge is -2.18. The molecule has 3 rings (SSSR count). The summed E-state index contributed by atoms with van der Waals surface area (Å²) in [6.07, 6.45) is 0. The van der Waals surface area contributed by atoms with E-state index in [1.165, 1.54) is 11.8 Å². The average Bonchev–Trinajstić information content (AvgIpc) is 2.55. The van der Waals surface area contributed by atoms with E-state index in [2.05, 4.69) is 10.2 Å². The van der Waals surface area contributed by atoms with Gasteiger partial charge in [0.2, 0.25) is 5.91 Å². The minimum atomic E-state index is -0.372. The monoisotopic (exact) mass is 317 g/mol.